The summed E-state index contributed by atoms with van der Waals surface area (Å²) in [6, 6.07) is 4.16. The zero-order valence-corrected chi connectivity index (χ0v) is 9.11. The fraction of sp³-hybridized carbons (Fsp3) is 0.500. The fourth-order valence-electron chi connectivity index (χ4n) is 2.20. The Morgan fingerprint density at radius 3 is 2.60 bits per heavy atom. The minimum Gasteiger partial charge on any atom is -0.204 e. The molecule has 2 atom stereocenters. The van der Waals surface area contributed by atoms with E-state index in [1.807, 2.05) is 0 Å². The maximum atomic E-state index is 13.0. The van der Waals surface area contributed by atoms with Crippen molar-refractivity contribution in [2.45, 2.75) is 37.0 Å². The van der Waals surface area contributed by atoms with Crippen molar-refractivity contribution in [2.75, 3.05) is 0 Å². The lowest BCUT2D eigenvalue weighted by atomic mass is 9.84. The molecule has 82 valence electrons. The second-order valence-corrected chi connectivity index (χ2v) is 4.75. The van der Waals surface area contributed by atoms with E-state index in [0.717, 1.165) is 31.2 Å². The molecule has 0 aromatic heterocycles. The van der Waals surface area contributed by atoms with Gasteiger partial charge < -0.3 is 0 Å². The van der Waals surface area contributed by atoms with Crippen LogP contribution in [0.3, 0.4) is 0 Å². The molecular formula is C12H13ClF2. The Bertz CT molecular complexity index is 351. The largest absolute Gasteiger partial charge is 0.204 e. The van der Waals surface area contributed by atoms with E-state index in [1.165, 1.54) is 12.1 Å². The number of hydrogen-bond acceptors (Lipinski definition) is 0. The molecular weight excluding hydrogens is 218 g/mol. The predicted molar refractivity (Wildman–Crippen MR) is 57.2 cm³/mol. The van der Waals surface area contributed by atoms with Crippen molar-refractivity contribution in [2.24, 2.45) is 0 Å². The third kappa shape index (κ3) is 2.49. The van der Waals surface area contributed by atoms with Crippen molar-refractivity contribution in [1.29, 1.82) is 0 Å². The molecule has 1 aromatic rings. The lowest BCUT2D eigenvalue weighted by Crippen LogP contribution is -2.14. The lowest BCUT2D eigenvalue weighted by molar-refractivity contribution is 0.444. The van der Waals surface area contributed by atoms with E-state index in [2.05, 4.69) is 0 Å². The summed E-state index contributed by atoms with van der Waals surface area (Å²) in [5, 5.41) is 0.178. The SMILES string of the molecule is Fc1ccc(C2CCCC(Cl)C2)cc1F. The number of halogens is 3. The highest BCUT2D eigenvalue weighted by Gasteiger charge is 2.22. The van der Waals surface area contributed by atoms with Gasteiger partial charge in [-0.1, -0.05) is 12.5 Å². The van der Waals surface area contributed by atoms with E-state index < -0.39 is 11.6 Å². The lowest BCUT2D eigenvalue weighted by Gasteiger charge is -2.25. The van der Waals surface area contributed by atoms with Crippen LogP contribution in [0.1, 0.15) is 37.2 Å². The number of hydrogen-bond donors (Lipinski definition) is 0. The zero-order valence-electron chi connectivity index (χ0n) is 8.35. The molecule has 15 heavy (non-hydrogen) atoms. The maximum Gasteiger partial charge on any atom is 0.159 e. The molecule has 0 N–H and O–H groups in total. The van der Waals surface area contributed by atoms with Gasteiger partial charge in [0, 0.05) is 5.38 Å². The average Bonchev–Trinajstić information content (AvgIpc) is 2.22. The summed E-state index contributed by atoms with van der Waals surface area (Å²) < 4.78 is 25.8. The normalized spacial score (nSPS) is 26.6. The van der Waals surface area contributed by atoms with Gasteiger partial charge in [0.15, 0.2) is 11.6 Å². The summed E-state index contributed by atoms with van der Waals surface area (Å²) in [6.45, 7) is 0. The van der Waals surface area contributed by atoms with Crippen LogP contribution in [0.2, 0.25) is 0 Å². The van der Waals surface area contributed by atoms with Gasteiger partial charge in [-0.25, -0.2) is 8.78 Å². The van der Waals surface area contributed by atoms with E-state index in [9.17, 15) is 8.78 Å². The van der Waals surface area contributed by atoms with Crippen LogP contribution < -0.4 is 0 Å². The highest BCUT2D eigenvalue weighted by atomic mass is 35.5. The van der Waals surface area contributed by atoms with Crippen molar-refractivity contribution in [1.82, 2.24) is 0 Å². The smallest absolute Gasteiger partial charge is 0.159 e. The molecule has 2 rings (SSSR count). The highest BCUT2D eigenvalue weighted by Crippen LogP contribution is 2.35. The molecule has 0 spiro atoms. The number of benzene rings is 1. The van der Waals surface area contributed by atoms with Crippen molar-refractivity contribution < 1.29 is 8.78 Å². The minimum absolute atomic E-state index is 0.178. The third-order valence-corrected chi connectivity index (χ3v) is 3.42. The molecule has 3 heteroatoms. The molecule has 0 saturated heterocycles. The molecule has 1 aliphatic carbocycles. The van der Waals surface area contributed by atoms with Gasteiger partial charge in [0.05, 0.1) is 0 Å². The van der Waals surface area contributed by atoms with Crippen LogP contribution >= 0.6 is 11.6 Å². The first-order chi connectivity index (χ1) is 7.16. The van der Waals surface area contributed by atoms with Gasteiger partial charge in [-0.2, -0.15) is 0 Å². The molecule has 0 bridgehead atoms. The molecule has 0 aliphatic heterocycles. The van der Waals surface area contributed by atoms with Gasteiger partial charge in [0.1, 0.15) is 0 Å². The Kier molecular flexibility index (Phi) is 3.25. The monoisotopic (exact) mass is 230 g/mol. The van der Waals surface area contributed by atoms with Crippen LogP contribution in [0.4, 0.5) is 8.78 Å². The summed E-state index contributed by atoms with van der Waals surface area (Å²) in [5.41, 5.74) is 0.874. The highest BCUT2D eigenvalue weighted by molar-refractivity contribution is 6.20. The first-order valence-electron chi connectivity index (χ1n) is 5.26. The standard InChI is InChI=1S/C12H13ClF2/c13-10-3-1-2-8(6-10)9-4-5-11(14)12(15)7-9/h4-5,7-8,10H,1-3,6H2. The average molecular weight is 231 g/mol. The third-order valence-electron chi connectivity index (χ3n) is 3.03. The van der Waals surface area contributed by atoms with Crippen molar-refractivity contribution in [3.05, 3.63) is 35.4 Å². The molecule has 1 aromatic carbocycles. The van der Waals surface area contributed by atoms with Gasteiger partial charge in [-0.15, -0.1) is 11.6 Å². The Hall–Kier alpha value is -0.630. The molecule has 2 unspecified atom stereocenters. The molecule has 0 radical (unpaired) electrons. The van der Waals surface area contributed by atoms with Gasteiger partial charge in [-0.3, -0.25) is 0 Å². The second kappa shape index (κ2) is 4.48. The van der Waals surface area contributed by atoms with Crippen LogP contribution in [-0.4, -0.2) is 5.38 Å². The van der Waals surface area contributed by atoms with Crippen molar-refractivity contribution in [3.8, 4) is 0 Å². The summed E-state index contributed by atoms with van der Waals surface area (Å²) in [7, 11) is 0. The molecule has 0 heterocycles. The van der Waals surface area contributed by atoms with E-state index in [-0.39, 0.29) is 11.3 Å². The molecule has 1 aliphatic rings. The predicted octanol–water partition coefficient (Wildman–Crippen LogP) is 4.23. The summed E-state index contributed by atoms with van der Waals surface area (Å²) in [6.07, 6.45) is 3.99. The Morgan fingerprint density at radius 1 is 1.13 bits per heavy atom. The summed E-state index contributed by atoms with van der Waals surface area (Å²) in [5.74, 6) is -1.25. The van der Waals surface area contributed by atoms with Crippen LogP contribution in [-0.2, 0) is 0 Å². The first kappa shape index (κ1) is 10.9. The molecule has 0 amide bonds. The molecule has 1 fully saturated rings. The molecule has 1 saturated carbocycles. The van der Waals surface area contributed by atoms with E-state index in [1.54, 1.807) is 6.07 Å². The fourth-order valence-corrected chi connectivity index (χ4v) is 2.57. The zero-order chi connectivity index (χ0) is 10.8. The van der Waals surface area contributed by atoms with Crippen LogP contribution in [0.25, 0.3) is 0 Å². The maximum absolute atomic E-state index is 13.0. The van der Waals surface area contributed by atoms with E-state index >= 15 is 0 Å². The number of alkyl halides is 1. The van der Waals surface area contributed by atoms with Gasteiger partial charge in [0.25, 0.3) is 0 Å². The first-order valence-corrected chi connectivity index (χ1v) is 5.69. The van der Waals surface area contributed by atoms with Crippen LogP contribution in [0.5, 0.6) is 0 Å². The second-order valence-electron chi connectivity index (χ2n) is 4.13. The topological polar surface area (TPSA) is 0 Å². The minimum atomic E-state index is -0.781. The van der Waals surface area contributed by atoms with Crippen LogP contribution in [0, 0.1) is 11.6 Å². The summed E-state index contributed by atoms with van der Waals surface area (Å²) in [4.78, 5) is 0. The Balaban J connectivity index is 2.18. The van der Waals surface area contributed by atoms with Gasteiger partial charge >= 0.3 is 0 Å². The van der Waals surface area contributed by atoms with E-state index in [4.69, 9.17) is 11.6 Å². The van der Waals surface area contributed by atoms with E-state index in [0.29, 0.717) is 0 Å². The summed E-state index contributed by atoms with van der Waals surface area (Å²) >= 11 is 6.06. The van der Waals surface area contributed by atoms with Crippen molar-refractivity contribution >= 4 is 11.6 Å². The van der Waals surface area contributed by atoms with Crippen molar-refractivity contribution in [3.63, 3.8) is 0 Å². The van der Waals surface area contributed by atoms with Crippen LogP contribution in [0.15, 0.2) is 18.2 Å². The Morgan fingerprint density at radius 2 is 1.93 bits per heavy atom. The number of rotatable bonds is 1. The quantitative estimate of drug-likeness (QED) is 0.634. The van der Waals surface area contributed by atoms with Gasteiger partial charge in [-0.05, 0) is 42.9 Å². The Labute approximate surface area is 93.2 Å². The van der Waals surface area contributed by atoms with Gasteiger partial charge in [0.2, 0.25) is 0 Å². The molecule has 0 nitrogen and oxygen atoms in total.